The van der Waals surface area contributed by atoms with Crippen LogP contribution in [0.3, 0.4) is 0 Å². The van der Waals surface area contributed by atoms with Crippen molar-refractivity contribution < 1.29 is 13.2 Å². The van der Waals surface area contributed by atoms with Gasteiger partial charge >= 0.3 is 0 Å². The number of nitrogens with two attached hydrogens (primary N) is 1. The number of likely N-dealkylation sites (tertiary alicyclic amines) is 1. The fraction of sp³-hybridized carbons (Fsp3) is 0.611. The van der Waals surface area contributed by atoms with Crippen LogP contribution in [-0.4, -0.2) is 43.6 Å². The van der Waals surface area contributed by atoms with Crippen molar-refractivity contribution in [1.82, 2.24) is 4.90 Å². The molecule has 2 N–H and O–H groups in total. The summed E-state index contributed by atoms with van der Waals surface area (Å²) in [7, 11) is -3.27. The monoisotopic (exact) mass is 350 g/mol. The predicted octanol–water partition coefficient (Wildman–Crippen LogP) is 2.21. The number of rotatable bonds is 4. The van der Waals surface area contributed by atoms with Gasteiger partial charge in [-0.2, -0.15) is 0 Å². The summed E-state index contributed by atoms with van der Waals surface area (Å²) < 4.78 is 25.2. The number of hydrogen-bond donors (Lipinski definition) is 1. The molecule has 132 valence electrons. The maximum absolute atomic E-state index is 12.7. The summed E-state index contributed by atoms with van der Waals surface area (Å²) >= 11 is 0. The Morgan fingerprint density at radius 3 is 2.38 bits per heavy atom. The highest BCUT2D eigenvalue weighted by atomic mass is 32.2. The van der Waals surface area contributed by atoms with Crippen LogP contribution < -0.4 is 5.73 Å². The molecular weight excluding hydrogens is 324 g/mol. The van der Waals surface area contributed by atoms with Crippen molar-refractivity contribution in [3.05, 3.63) is 29.8 Å². The van der Waals surface area contributed by atoms with Crippen LogP contribution >= 0.6 is 0 Å². The number of carbonyl (C=O) groups is 1. The molecule has 2 fully saturated rings. The molecule has 1 aromatic rings. The van der Waals surface area contributed by atoms with E-state index in [4.69, 9.17) is 5.73 Å². The lowest BCUT2D eigenvalue weighted by molar-refractivity contribution is 0.0743. The second kappa shape index (κ2) is 6.84. The Hall–Kier alpha value is -1.40. The van der Waals surface area contributed by atoms with E-state index in [0.717, 1.165) is 32.1 Å². The van der Waals surface area contributed by atoms with Crippen molar-refractivity contribution in [2.45, 2.75) is 55.2 Å². The molecule has 24 heavy (non-hydrogen) atoms. The van der Waals surface area contributed by atoms with Gasteiger partial charge in [0.25, 0.3) is 5.91 Å². The average Bonchev–Trinajstić information content (AvgIpc) is 3.24. The van der Waals surface area contributed by atoms with Crippen LogP contribution in [-0.2, 0) is 9.84 Å². The van der Waals surface area contributed by atoms with E-state index in [0.29, 0.717) is 29.5 Å². The van der Waals surface area contributed by atoms with Gasteiger partial charge in [0.1, 0.15) is 0 Å². The maximum Gasteiger partial charge on any atom is 0.254 e. The molecule has 1 aliphatic carbocycles. The quantitative estimate of drug-likeness (QED) is 0.903. The van der Waals surface area contributed by atoms with E-state index in [1.165, 1.54) is 0 Å². The lowest BCUT2D eigenvalue weighted by Crippen LogP contribution is -2.34. The van der Waals surface area contributed by atoms with Crippen molar-refractivity contribution in [1.29, 1.82) is 0 Å². The van der Waals surface area contributed by atoms with Crippen LogP contribution in [0.15, 0.2) is 29.2 Å². The number of nitrogens with zero attached hydrogens (tertiary/aromatic N) is 1. The van der Waals surface area contributed by atoms with Gasteiger partial charge in [0.05, 0.1) is 10.1 Å². The van der Waals surface area contributed by atoms with Crippen molar-refractivity contribution >= 4 is 15.7 Å². The van der Waals surface area contributed by atoms with Gasteiger partial charge in [-0.3, -0.25) is 4.79 Å². The molecule has 0 aromatic heterocycles. The van der Waals surface area contributed by atoms with Gasteiger partial charge in [-0.05, 0) is 62.9 Å². The summed E-state index contributed by atoms with van der Waals surface area (Å²) in [6, 6.07) is 6.64. The molecule has 1 saturated heterocycles. The minimum absolute atomic E-state index is 0.0386. The first-order chi connectivity index (χ1) is 11.4. The second-order valence-electron chi connectivity index (χ2n) is 7.12. The topological polar surface area (TPSA) is 80.5 Å². The van der Waals surface area contributed by atoms with Gasteiger partial charge in [0.2, 0.25) is 0 Å². The number of benzene rings is 1. The molecule has 2 atom stereocenters. The zero-order valence-electron chi connectivity index (χ0n) is 14.1. The van der Waals surface area contributed by atoms with Crippen molar-refractivity contribution in [2.24, 2.45) is 11.7 Å². The summed E-state index contributed by atoms with van der Waals surface area (Å²) in [4.78, 5) is 14.9. The molecular formula is C18H26N2O3S. The first kappa shape index (κ1) is 17.4. The first-order valence-corrected chi connectivity index (χ1v) is 10.3. The van der Waals surface area contributed by atoms with E-state index in [1.807, 2.05) is 11.8 Å². The fourth-order valence-corrected chi connectivity index (χ4v) is 5.79. The highest BCUT2D eigenvalue weighted by molar-refractivity contribution is 7.92. The second-order valence-corrected chi connectivity index (χ2v) is 9.35. The normalized spacial score (nSPS) is 25.3. The lowest BCUT2D eigenvalue weighted by Gasteiger charge is -2.21. The molecule has 1 aromatic carbocycles. The molecule has 0 spiro atoms. The Kier molecular flexibility index (Phi) is 4.97. The largest absolute Gasteiger partial charge is 0.336 e. The van der Waals surface area contributed by atoms with E-state index >= 15 is 0 Å². The van der Waals surface area contributed by atoms with Crippen LogP contribution in [0.25, 0.3) is 0 Å². The Labute approximate surface area is 144 Å². The minimum atomic E-state index is -3.27. The third-order valence-corrected chi connectivity index (χ3v) is 7.70. The van der Waals surface area contributed by atoms with Gasteiger partial charge in [-0.15, -0.1) is 0 Å². The Bertz CT molecular complexity index is 693. The minimum Gasteiger partial charge on any atom is -0.336 e. The Morgan fingerprint density at radius 1 is 1.21 bits per heavy atom. The van der Waals surface area contributed by atoms with E-state index in [2.05, 4.69) is 0 Å². The predicted molar refractivity (Wildman–Crippen MR) is 93.5 cm³/mol. The van der Waals surface area contributed by atoms with E-state index in [-0.39, 0.29) is 17.2 Å². The third-order valence-electron chi connectivity index (χ3n) is 5.43. The van der Waals surface area contributed by atoms with Crippen LogP contribution in [0.4, 0.5) is 0 Å². The van der Waals surface area contributed by atoms with Gasteiger partial charge in [0, 0.05) is 18.2 Å². The van der Waals surface area contributed by atoms with Crippen LogP contribution in [0, 0.1) is 5.92 Å². The number of hydrogen-bond acceptors (Lipinski definition) is 4. The third kappa shape index (κ3) is 3.22. The molecule has 5 nitrogen and oxygen atoms in total. The molecule has 2 aliphatic rings. The molecule has 1 amide bonds. The van der Waals surface area contributed by atoms with Crippen molar-refractivity contribution in [3.63, 3.8) is 0 Å². The first-order valence-electron chi connectivity index (χ1n) is 8.78. The van der Waals surface area contributed by atoms with Crippen LogP contribution in [0.1, 0.15) is 49.4 Å². The highest BCUT2D eigenvalue weighted by Crippen LogP contribution is 2.30. The number of amides is 1. The van der Waals surface area contributed by atoms with Gasteiger partial charge in [0.15, 0.2) is 9.84 Å². The van der Waals surface area contributed by atoms with Gasteiger partial charge in [-0.1, -0.05) is 12.8 Å². The average molecular weight is 350 g/mol. The van der Waals surface area contributed by atoms with Crippen LogP contribution in [0.5, 0.6) is 0 Å². The molecule has 1 saturated carbocycles. The zero-order valence-corrected chi connectivity index (χ0v) is 15.0. The summed E-state index contributed by atoms with van der Waals surface area (Å²) in [5, 5.41) is -0.261. The summed E-state index contributed by atoms with van der Waals surface area (Å²) in [5.74, 6) is 0.314. The van der Waals surface area contributed by atoms with E-state index in [1.54, 1.807) is 24.3 Å². The molecule has 6 heteroatoms. The maximum atomic E-state index is 12.7. The number of sulfone groups is 1. The molecule has 0 bridgehead atoms. The molecule has 0 radical (unpaired) electrons. The lowest BCUT2D eigenvalue weighted by atomic mass is 10.1. The number of carbonyl (C=O) groups excluding carboxylic acids is 1. The van der Waals surface area contributed by atoms with Gasteiger partial charge < -0.3 is 10.6 Å². The van der Waals surface area contributed by atoms with E-state index < -0.39 is 9.84 Å². The summed E-state index contributed by atoms with van der Waals surface area (Å²) in [6.45, 7) is 3.30. The zero-order chi connectivity index (χ0) is 17.3. The van der Waals surface area contributed by atoms with Crippen molar-refractivity contribution in [3.8, 4) is 0 Å². The highest BCUT2D eigenvalue weighted by Gasteiger charge is 2.33. The standard InChI is InChI=1S/C18H26N2O3S/c1-13-10-14(11-19)12-20(13)18(21)15-6-8-17(9-7-15)24(22,23)16-4-2-3-5-16/h6-9,13-14,16H,2-5,10-12,19H2,1H3. The molecule has 1 heterocycles. The summed E-state index contributed by atoms with van der Waals surface area (Å²) in [6.07, 6.45) is 4.38. The SMILES string of the molecule is CC1CC(CN)CN1C(=O)c1ccc(S(=O)(=O)C2CCCC2)cc1. The fourth-order valence-electron chi connectivity index (χ4n) is 3.94. The molecule has 3 rings (SSSR count). The Balaban J connectivity index is 1.76. The van der Waals surface area contributed by atoms with Crippen LogP contribution in [0.2, 0.25) is 0 Å². The smallest absolute Gasteiger partial charge is 0.254 e. The Morgan fingerprint density at radius 2 is 1.83 bits per heavy atom. The van der Waals surface area contributed by atoms with Crippen molar-refractivity contribution in [2.75, 3.05) is 13.1 Å². The van der Waals surface area contributed by atoms with Gasteiger partial charge in [-0.25, -0.2) is 8.42 Å². The summed E-state index contributed by atoms with van der Waals surface area (Å²) in [5.41, 5.74) is 6.27. The molecule has 1 aliphatic heterocycles. The molecule has 2 unspecified atom stereocenters. The van der Waals surface area contributed by atoms with E-state index in [9.17, 15) is 13.2 Å².